The Labute approximate surface area is 253 Å². The Balaban J connectivity index is 1.19. The van der Waals surface area contributed by atoms with Crippen LogP contribution in [0.4, 0.5) is 14.9 Å². The van der Waals surface area contributed by atoms with Crippen molar-refractivity contribution in [2.75, 3.05) is 24.5 Å². The van der Waals surface area contributed by atoms with Crippen molar-refractivity contribution in [2.24, 2.45) is 18.7 Å². The molecule has 2 atom stereocenters. The van der Waals surface area contributed by atoms with Crippen LogP contribution in [0, 0.1) is 11.7 Å². The monoisotopic (exact) mass is 593 g/mol. The molecule has 2 aliphatic heterocycles. The second-order valence-electron chi connectivity index (χ2n) is 12.3. The molecule has 0 spiro atoms. The van der Waals surface area contributed by atoms with E-state index in [1.807, 2.05) is 46.8 Å². The number of benzene rings is 3. The fourth-order valence-corrected chi connectivity index (χ4v) is 7.78. The molecule has 2 fully saturated rings. The summed E-state index contributed by atoms with van der Waals surface area (Å²) in [7, 11) is 2.04. The Kier molecular flexibility index (Phi) is 7.08. The summed E-state index contributed by atoms with van der Waals surface area (Å²) in [6.45, 7) is 4.43. The molecule has 1 unspecified atom stereocenters. The zero-order chi connectivity index (χ0) is 29.8. The molecule has 7 nitrogen and oxygen atoms in total. The first-order chi connectivity index (χ1) is 20.8. The summed E-state index contributed by atoms with van der Waals surface area (Å²) in [5.74, 6) is 1.05. The van der Waals surface area contributed by atoms with Gasteiger partial charge >= 0.3 is 0 Å². The van der Waals surface area contributed by atoms with Gasteiger partial charge in [0.25, 0.3) is 5.91 Å². The van der Waals surface area contributed by atoms with Gasteiger partial charge in [-0.15, -0.1) is 0 Å². The predicted octanol–water partition coefficient (Wildman–Crippen LogP) is 6.04. The lowest BCUT2D eigenvalue weighted by atomic mass is 9.92. The number of nitrogens with two attached hydrogens (primary N) is 1. The summed E-state index contributed by atoms with van der Waals surface area (Å²) in [5.41, 5.74) is 12.4. The van der Waals surface area contributed by atoms with Crippen molar-refractivity contribution in [3.63, 3.8) is 0 Å². The average Bonchev–Trinajstić information content (AvgIpc) is 3.65. The largest absolute Gasteiger partial charge is 0.375 e. The predicted molar refractivity (Wildman–Crippen MR) is 168 cm³/mol. The minimum absolute atomic E-state index is 0.00156. The smallest absolute Gasteiger partial charge is 0.254 e. The van der Waals surface area contributed by atoms with Crippen LogP contribution in [0.5, 0.6) is 0 Å². The van der Waals surface area contributed by atoms with Crippen LogP contribution in [0.2, 0.25) is 6.04 Å². The number of hydrogen-bond acceptors (Lipinski definition) is 4. The van der Waals surface area contributed by atoms with Gasteiger partial charge in [0.1, 0.15) is 11.6 Å². The van der Waals surface area contributed by atoms with Crippen molar-refractivity contribution in [1.82, 2.24) is 14.5 Å². The normalized spacial score (nSPS) is 20.1. The lowest BCUT2D eigenvalue weighted by Gasteiger charge is -2.35. The van der Waals surface area contributed by atoms with E-state index in [0.717, 1.165) is 67.1 Å². The number of anilines is 1. The maximum atomic E-state index is 15.7. The third kappa shape index (κ3) is 5.13. The summed E-state index contributed by atoms with van der Waals surface area (Å²) < 4.78 is 17.7. The molecule has 1 aliphatic carbocycles. The molecule has 3 aliphatic rings. The quantitative estimate of drug-likeness (QED) is 0.265. The number of fused-ring (bicyclic) bond motifs is 2. The van der Waals surface area contributed by atoms with Gasteiger partial charge in [-0.1, -0.05) is 24.3 Å². The van der Waals surface area contributed by atoms with Crippen LogP contribution in [0.15, 0.2) is 54.6 Å². The van der Waals surface area contributed by atoms with E-state index >= 15 is 4.39 Å². The molecule has 2 radical (unpaired) electrons. The van der Waals surface area contributed by atoms with Crippen LogP contribution in [0.25, 0.3) is 22.4 Å². The van der Waals surface area contributed by atoms with Crippen molar-refractivity contribution in [2.45, 2.75) is 50.6 Å². The Bertz CT molecular complexity index is 1750. The summed E-state index contributed by atoms with van der Waals surface area (Å²) >= 11 is 0. The first kappa shape index (κ1) is 27.8. The molecule has 1 saturated heterocycles. The highest BCUT2D eigenvalue weighted by Crippen LogP contribution is 2.44. The molecule has 43 heavy (non-hydrogen) atoms. The van der Waals surface area contributed by atoms with Crippen LogP contribution >= 0.6 is 0 Å². The number of aryl methyl sites for hydroxylation is 1. The third-order valence-corrected chi connectivity index (χ3v) is 10.7. The van der Waals surface area contributed by atoms with Gasteiger partial charge in [0, 0.05) is 37.9 Å². The van der Waals surface area contributed by atoms with E-state index < -0.39 is 0 Å². The lowest BCUT2D eigenvalue weighted by Crippen LogP contribution is -2.38. The molecule has 2 N–H and O–H groups in total. The molecule has 3 aromatic carbocycles. The zero-order valence-electron chi connectivity index (χ0n) is 24.6. The number of nitrogens with zero attached hydrogens (tertiary/aromatic N) is 4. The average molecular weight is 594 g/mol. The molecule has 0 bridgehead atoms. The minimum Gasteiger partial charge on any atom is -0.375 e. The second-order valence-corrected chi connectivity index (χ2v) is 13.6. The number of imidazole rings is 1. The van der Waals surface area contributed by atoms with Gasteiger partial charge in [0.15, 0.2) is 15.1 Å². The number of aromatic nitrogens is 2. The molecular formula is C34H36FN5O2Si. The van der Waals surface area contributed by atoms with E-state index in [9.17, 15) is 9.59 Å². The van der Waals surface area contributed by atoms with E-state index in [0.29, 0.717) is 35.3 Å². The van der Waals surface area contributed by atoms with Crippen LogP contribution in [0.1, 0.15) is 65.2 Å². The lowest BCUT2D eigenvalue weighted by molar-refractivity contribution is 0.0677. The molecular weight excluding hydrogens is 557 g/mol. The first-order valence-corrected chi connectivity index (χ1v) is 16.5. The highest BCUT2D eigenvalue weighted by molar-refractivity contribution is 6.73. The molecule has 4 aromatic rings. The van der Waals surface area contributed by atoms with E-state index in [1.165, 1.54) is 11.1 Å². The SMILES string of the molecule is C[C@@H]1c2ccccc2CCN1C(=O)c1cc(C2CC2)c2nc(-c3ccc(N4CCC(C[Si]C(N)=O)C4)cc3F)n(C)c2c1. The summed E-state index contributed by atoms with van der Waals surface area (Å²) in [4.78, 5) is 34.3. The van der Waals surface area contributed by atoms with Gasteiger partial charge in [-0.05, 0) is 97.5 Å². The maximum Gasteiger partial charge on any atom is 0.254 e. The highest BCUT2D eigenvalue weighted by atomic mass is 28.2. The first-order valence-electron chi connectivity index (χ1n) is 15.3. The summed E-state index contributed by atoms with van der Waals surface area (Å²) in [5, 5.41) is 0. The number of carbonyl (C=O) groups is 2. The van der Waals surface area contributed by atoms with Crippen molar-refractivity contribution in [1.29, 1.82) is 0 Å². The number of amides is 2. The van der Waals surface area contributed by atoms with Crippen LogP contribution in [-0.4, -0.2) is 55.0 Å². The molecule has 1 aromatic heterocycles. The van der Waals surface area contributed by atoms with E-state index in [1.54, 1.807) is 6.07 Å². The van der Waals surface area contributed by atoms with Gasteiger partial charge in [0.05, 0.1) is 22.6 Å². The Morgan fingerprint density at radius 3 is 2.63 bits per heavy atom. The van der Waals surface area contributed by atoms with E-state index in [2.05, 4.69) is 30.0 Å². The number of halogens is 1. The van der Waals surface area contributed by atoms with Gasteiger partial charge in [-0.25, -0.2) is 9.37 Å². The zero-order valence-corrected chi connectivity index (χ0v) is 25.6. The van der Waals surface area contributed by atoms with Crippen molar-refractivity contribution < 1.29 is 14.0 Å². The van der Waals surface area contributed by atoms with Crippen molar-refractivity contribution in [3.05, 3.63) is 82.7 Å². The molecule has 2 amide bonds. The van der Waals surface area contributed by atoms with Gasteiger partial charge in [-0.2, -0.15) is 0 Å². The van der Waals surface area contributed by atoms with Crippen molar-refractivity contribution in [3.8, 4) is 11.4 Å². The maximum absolute atomic E-state index is 15.7. The van der Waals surface area contributed by atoms with Crippen LogP contribution < -0.4 is 10.6 Å². The molecule has 3 heterocycles. The van der Waals surface area contributed by atoms with Crippen LogP contribution in [-0.2, 0) is 13.5 Å². The fraction of sp³-hybridized carbons (Fsp3) is 0.382. The Morgan fingerprint density at radius 2 is 1.86 bits per heavy atom. The highest BCUT2D eigenvalue weighted by Gasteiger charge is 2.33. The number of carbonyl (C=O) groups excluding carboxylic acids is 2. The number of primary amides is 1. The summed E-state index contributed by atoms with van der Waals surface area (Å²) in [6, 6.07) is 18.5. The Morgan fingerprint density at radius 1 is 1.05 bits per heavy atom. The van der Waals surface area contributed by atoms with E-state index in [-0.39, 0.29) is 32.8 Å². The number of rotatable bonds is 7. The van der Waals surface area contributed by atoms with Crippen LogP contribution in [0.3, 0.4) is 0 Å². The van der Waals surface area contributed by atoms with Gasteiger partial charge in [-0.3, -0.25) is 9.59 Å². The topological polar surface area (TPSA) is 84.5 Å². The molecule has 1 saturated carbocycles. The molecule has 7 rings (SSSR count). The minimum atomic E-state index is -0.316. The molecule has 220 valence electrons. The van der Waals surface area contributed by atoms with E-state index in [4.69, 9.17) is 10.7 Å². The standard InChI is InChI=1S/C34H36FN5O2Si/c1-20-26-6-4-3-5-22(26)12-14-40(20)33(41)24-15-28(23-7-8-23)31-30(16-24)38(2)32(37-31)27-10-9-25(17-29(27)35)39-13-11-21(18-39)19-43-34(36)42/h3-6,9-10,15-17,20-21,23H,7-8,11-14,18-19H2,1-2H3,(H2,36,42)/t20-,21?/m1/s1. The third-order valence-electron chi connectivity index (χ3n) is 9.55. The summed E-state index contributed by atoms with van der Waals surface area (Å²) in [6.07, 6.45) is 3.97. The van der Waals surface area contributed by atoms with Gasteiger partial charge in [0.2, 0.25) is 0 Å². The Hall–Kier alpha value is -3.98. The van der Waals surface area contributed by atoms with Crippen molar-refractivity contribution >= 4 is 37.7 Å². The number of hydrogen-bond donors (Lipinski definition) is 1. The van der Waals surface area contributed by atoms with Gasteiger partial charge < -0.3 is 20.1 Å². The fourth-order valence-electron chi connectivity index (χ4n) is 6.96. The second kappa shape index (κ2) is 10.9. The molecule has 9 heteroatoms.